The molecule has 100 valence electrons. The summed E-state index contributed by atoms with van der Waals surface area (Å²) in [5.41, 5.74) is 4.87. The summed E-state index contributed by atoms with van der Waals surface area (Å²) in [7, 11) is 0. The van der Waals surface area contributed by atoms with Gasteiger partial charge in [-0.1, -0.05) is 36.4 Å². The van der Waals surface area contributed by atoms with E-state index < -0.39 is 0 Å². The van der Waals surface area contributed by atoms with Crippen LogP contribution in [0.1, 0.15) is 0 Å². The molecule has 4 rings (SSSR count). The molecule has 2 aromatic carbocycles. The number of hydrogen-bond donors (Lipinski definition) is 1. The van der Waals surface area contributed by atoms with Gasteiger partial charge >= 0.3 is 0 Å². The molecule has 0 fully saturated rings. The number of aromatic amines is 2. The number of pyridine rings is 1. The van der Waals surface area contributed by atoms with Gasteiger partial charge in [-0.2, -0.15) is 15.4 Å². The van der Waals surface area contributed by atoms with Crippen LogP contribution in [0.15, 0.2) is 66.9 Å². The molecule has 2 aromatic heterocycles. The lowest BCUT2D eigenvalue weighted by molar-refractivity contribution is -0.344. The van der Waals surface area contributed by atoms with Gasteiger partial charge in [0.15, 0.2) is 6.20 Å². The number of hydrogen-bond acceptors (Lipinski definition) is 2. The first kappa shape index (κ1) is 11.8. The zero-order chi connectivity index (χ0) is 14.1. The molecule has 0 bridgehead atoms. The maximum atomic E-state index is 4.36. The van der Waals surface area contributed by atoms with Gasteiger partial charge in [0.2, 0.25) is 5.52 Å². The minimum atomic E-state index is 0.856. The fraction of sp³-hybridized carbons (Fsp3) is 0. The van der Waals surface area contributed by atoms with Gasteiger partial charge in [-0.25, -0.2) is 4.98 Å². The van der Waals surface area contributed by atoms with Crippen molar-refractivity contribution in [3.05, 3.63) is 66.9 Å². The number of rotatable bonds is 2. The number of fused-ring (bicyclic) bond motifs is 1. The third-order valence-corrected chi connectivity index (χ3v) is 3.55. The molecule has 0 radical (unpaired) electrons. The van der Waals surface area contributed by atoms with Gasteiger partial charge in [0.25, 0.3) is 0 Å². The normalized spacial score (nSPS) is 10.9. The van der Waals surface area contributed by atoms with Crippen molar-refractivity contribution in [3.63, 3.8) is 0 Å². The predicted octanol–water partition coefficient (Wildman–Crippen LogP) is 3.11. The van der Waals surface area contributed by atoms with Crippen molar-refractivity contribution in [2.24, 2.45) is 0 Å². The molecule has 0 aliphatic heterocycles. The Morgan fingerprint density at radius 1 is 0.762 bits per heavy atom. The molecule has 0 unspecified atom stereocenters. The number of nitrogens with zero attached hydrogens (tertiary/aromatic N) is 2. The van der Waals surface area contributed by atoms with E-state index in [4.69, 9.17) is 0 Å². The summed E-state index contributed by atoms with van der Waals surface area (Å²) >= 11 is 0. The first-order valence-electron chi connectivity index (χ1n) is 6.79. The summed E-state index contributed by atoms with van der Waals surface area (Å²) in [6.07, 6.45) is 1.92. The molecule has 2 N–H and O–H groups in total. The van der Waals surface area contributed by atoms with Crippen LogP contribution in [0.25, 0.3) is 33.4 Å². The van der Waals surface area contributed by atoms with Crippen LogP contribution in [-0.2, 0) is 0 Å². The second kappa shape index (κ2) is 4.83. The molecule has 0 aliphatic carbocycles. The second-order valence-corrected chi connectivity index (χ2v) is 4.83. The fourth-order valence-corrected chi connectivity index (χ4v) is 2.57. The lowest BCUT2D eigenvalue weighted by atomic mass is 10.0. The highest BCUT2D eigenvalue weighted by Crippen LogP contribution is 2.31. The second-order valence-electron chi connectivity index (χ2n) is 4.83. The molecule has 0 saturated heterocycles. The molecule has 0 saturated carbocycles. The number of nitrogens with one attached hydrogen (secondary N) is 2. The van der Waals surface area contributed by atoms with Crippen LogP contribution in [-0.4, -0.2) is 15.4 Å². The van der Waals surface area contributed by atoms with Crippen LogP contribution in [0.3, 0.4) is 0 Å². The zero-order valence-electron chi connectivity index (χ0n) is 11.2. The van der Waals surface area contributed by atoms with Crippen molar-refractivity contribution in [1.29, 1.82) is 0 Å². The summed E-state index contributed by atoms with van der Waals surface area (Å²) in [6, 6.07) is 20.3. The molecule has 2 heterocycles. The molecule has 0 spiro atoms. The van der Waals surface area contributed by atoms with Crippen molar-refractivity contribution < 1.29 is 4.98 Å². The van der Waals surface area contributed by atoms with E-state index in [1.54, 1.807) is 0 Å². The average Bonchev–Trinajstić information content (AvgIpc) is 3.04. The number of para-hydroxylation sites is 1. The van der Waals surface area contributed by atoms with Crippen LogP contribution in [0.4, 0.5) is 0 Å². The minimum absolute atomic E-state index is 0.856. The first-order chi connectivity index (χ1) is 10.4. The zero-order valence-corrected chi connectivity index (χ0v) is 11.2. The highest BCUT2D eigenvalue weighted by atomic mass is 15.3. The van der Waals surface area contributed by atoms with Crippen molar-refractivity contribution in [1.82, 2.24) is 15.4 Å². The summed E-state index contributed by atoms with van der Waals surface area (Å²) in [6.45, 7) is 0. The van der Waals surface area contributed by atoms with Crippen LogP contribution >= 0.6 is 0 Å². The Kier molecular flexibility index (Phi) is 2.71. The summed E-state index contributed by atoms with van der Waals surface area (Å²) in [4.78, 5) is 3.30. The molecular formula is C17H13N4+. The number of benzene rings is 2. The van der Waals surface area contributed by atoms with Gasteiger partial charge in [-0.05, 0) is 18.2 Å². The lowest BCUT2D eigenvalue weighted by Gasteiger charge is -2.01. The van der Waals surface area contributed by atoms with Crippen molar-refractivity contribution in [2.75, 3.05) is 0 Å². The third kappa shape index (κ3) is 1.97. The van der Waals surface area contributed by atoms with Gasteiger partial charge in [-0.15, -0.1) is 0 Å². The van der Waals surface area contributed by atoms with Crippen LogP contribution in [0.5, 0.6) is 0 Å². The molecule has 4 aromatic rings. The molecule has 4 nitrogen and oxygen atoms in total. The highest BCUT2D eigenvalue weighted by molar-refractivity contribution is 5.93. The topological polar surface area (TPSA) is 55.7 Å². The van der Waals surface area contributed by atoms with Crippen molar-refractivity contribution in [3.8, 4) is 22.5 Å². The van der Waals surface area contributed by atoms with Gasteiger partial charge in [-0.3, -0.25) is 0 Å². The van der Waals surface area contributed by atoms with E-state index in [9.17, 15) is 0 Å². The SMILES string of the molecule is c1ccc(-c2n[nH]nc2-c2cccc3ccc[nH+]c23)cc1. The maximum Gasteiger partial charge on any atom is 0.220 e. The van der Waals surface area contributed by atoms with E-state index in [-0.39, 0.29) is 0 Å². The van der Waals surface area contributed by atoms with E-state index in [0.717, 1.165) is 33.4 Å². The summed E-state index contributed by atoms with van der Waals surface area (Å²) in [5, 5.41) is 12.6. The van der Waals surface area contributed by atoms with Crippen LogP contribution in [0, 0.1) is 0 Å². The molecule has 21 heavy (non-hydrogen) atoms. The van der Waals surface area contributed by atoms with Crippen LogP contribution in [0.2, 0.25) is 0 Å². The van der Waals surface area contributed by atoms with Gasteiger partial charge in [0.05, 0.1) is 5.56 Å². The summed E-state index contributed by atoms with van der Waals surface area (Å²) < 4.78 is 0. The molecule has 0 aliphatic rings. The van der Waals surface area contributed by atoms with E-state index in [2.05, 4.69) is 38.6 Å². The standard InChI is InChI=1S/C17H12N4/c1-2-6-13(7-3-1)16-17(20-21-19-16)14-10-4-8-12-9-5-11-18-15(12)14/h1-11H,(H,19,20,21)/p+1. The van der Waals surface area contributed by atoms with Crippen LogP contribution < -0.4 is 4.98 Å². The Balaban J connectivity index is 1.97. The monoisotopic (exact) mass is 273 g/mol. The number of aromatic nitrogens is 4. The Labute approximate surface area is 121 Å². The fourth-order valence-electron chi connectivity index (χ4n) is 2.57. The maximum absolute atomic E-state index is 4.36. The van der Waals surface area contributed by atoms with Gasteiger partial charge < -0.3 is 0 Å². The smallest absolute Gasteiger partial charge is 0.210 e. The Hall–Kier alpha value is -3.01. The van der Waals surface area contributed by atoms with E-state index in [1.807, 2.05) is 48.7 Å². The Morgan fingerprint density at radius 3 is 2.48 bits per heavy atom. The Bertz CT molecular complexity index is 891. The summed E-state index contributed by atoms with van der Waals surface area (Å²) in [5.74, 6) is 0. The minimum Gasteiger partial charge on any atom is -0.210 e. The highest BCUT2D eigenvalue weighted by Gasteiger charge is 2.17. The molecule has 4 heteroatoms. The quantitative estimate of drug-likeness (QED) is 0.610. The van der Waals surface area contributed by atoms with E-state index >= 15 is 0 Å². The largest absolute Gasteiger partial charge is 0.220 e. The molecule has 0 amide bonds. The Morgan fingerprint density at radius 2 is 1.57 bits per heavy atom. The lowest BCUT2D eigenvalue weighted by Crippen LogP contribution is -2.03. The molecular weight excluding hydrogens is 260 g/mol. The predicted molar refractivity (Wildman–Crippen MR) is 81.3 cm³/mol. The molecule has 0 atom stereocenters. The van der Waals surface area contributed by atoms with E-state index in [1.165, 1.54) is 0 Å². The first-order valence-corrected chi connectivity index (χ1v) is 6.79. The third-order valence-electron chi connectivity index (χ3n) is 3.55. The van der Waals surface area contributed by atoms with Crippen molar-refractivity contribution >= 4 is 10.9 Å². The van der Waals surface area contributed by atoms with Crippen molar-refractivity contribution in [2.45, 2.75) is 0 Å². The average molecular weight is 273 g/mol. The number of H-pyrrole nitrogens is 2. The van der Waals surface area contributed by atoms with E-state index in [0.29, 0.717) is 0 Å². The van der Waals surface area contributed by atoms with Gasteiger partial charge in [0.1, 0.15) is 11.4 Å². The van der Waals surface area contributed by atoms with Gasteiger partial charge in [0, 0.05) is 17.0 Å².